The first-order valence-corrected chi connectivity index (χ1v) is 8.69. The van der Waals surface area contributed by atoms with Crippen LogP contribution in [0, 0.1) is 0 Å². The number of phenolic OH excluding ortho intramolecular Hbond substituents is 2. The van der Waals surface area contributed by atoms with E-state index in [0.29, 0.717) is 11.0 Å². The Bertz CT molecular complexity index is 980. The molecule has 0 fully saturated rings. The van der Waals surface area contributed by atoms with Gasteiger partial charge in [0, 0.05) is 10.8 Å². The lowest BCUT2D eigenvalue weighted by Crippen LogP contribution is -1.99. The highest BCUT2D eigenvalue weighted by Crippen LogP contribution is 2.33. The van der Waals surface area contributed by atoms with Crippen molar-refractivity contribution in [3.63, 3.8) is 0 Å². The van der Waals surface area contributed by atoms with Crippen molar-refractivity contribution in [1.82, 2.24) is 9.97 Å². The van der Waals surface area contributed by atoms with Gasteiger partial charge in [-0.25, -0.2) is 9.97 Å². The summed E-state index contributed by atoms with van der Waals surface area (Å²) < 4.78 is -0.0874. The second kappa shape index (κ2) is 5.90. The van der Waals surface area contributed by atoms with Crippen LogP contribution in [0.2, 0.25) is 0 Å². The Hall–Kier alpha value is -2.41. The van der Waals surface area contributed by atoms with Crippen LogP contribution in [0.3, 0.4) is 0 Å². The van der Waals surface area contributed by atoms with E-state index in [-0.39, 0.29) is 15.4 Å². The van der Waals surface area contributed by atoms with E-state index >= 15 is 0 Å². The van der Waals surface area contributed by atoms with E-state index < -0.39 is 0 Å². The summed E-state index contributed by atoms with van der Waals surface area (Å²) >= 11 is 2.27. The van der Waals surface area contributed by atoms with E-state index in [0.717, 1.165) is 22.2 Å². The fourth-order valence-corrected chi connectivity index (χ4v) is 3.42. The standard InChI is InChI=1S/C19H13IN2O2/c20-17(13-9-7-11-3-1-5-15(23)18(11)21-13)14-10-8-12-4-2-6-16(24)19(12)22-14/h1-10,17,23-24H. The van der Waals surface area contributed by atoms with Crippen LogP contribution in [-0.2, 0) is 0 Å². The van der Waals surface area contributed by atoms with E-state index in [1.807, 2.05) is 36.4 Å². The van der Waals surface area contributed by atoms with Gasteiger partial charge in [0.05, 0.1) is 15.3 Å². The van der Waals surface area contributed by atoms with Crippen molar-refractivity contribution in [3.05, 3.63) is 72.1 Å². The molecule has 2 N–H and O–H groups in total. The van der Waals surface area contributed by atoms with Crippen molar-refractivity contribution >= 4 is 44.4 Å². The zero-order chi connectivity index (χ0) is 16.7. The van der Waals surface area contributed by atoms with E-state index in [1.54, 1.807) is 24.3 Å². The van der Waals surface area contributed by atoms with Crippen LogP contribution in [-0.4, -0.2) is 20.2 Å². The summed E-state index contributed by atoms with van der Waals surface area (Å²) in [7, 11) is 0. The highest BCUT2D eigenvalue weighted by atomic mass is 127. The van der Waals surface area contributed by atoms with Crippen molar-refractivity contribution in [1.29, 1.82) is 0 Å². The summed E-state index contributed by atoms with van der Waals surface area (Å²) in [4.78, 5) is 9.19. The first-order chi connectivity index (χ1) is 11.6. The largest absolute Gasteiger partial charge is 0.506 e. The molecule has 0 unspecified atom stereocenters. The first-order valence-electron chi connectivity index (χ1n) is 7.45. The summed E-state index contributed by atoms with van der Waals surface area (Å²) in [5.41, 5.74) is 2.79. The van der Waals surface area contributed by atoms with Gasteiger partial charge in [0.1, 0.15) is 22.5 Å². The molecule has 5 heteroatoms. The molecule has 0 amide bonds. The molecule has 4 nitrogen and oxygen atoms in total. The van der Waals surface area contributed by atoms with Crippen LogP contribution in [0.25, 0.3) is 21.8 Å². The maximum atomic E-state index is 10.0. The van der Waals surface area contributed by atoms with E-state index in [4.69, 9.17) is 0 Å². The maximum Gasteiger partial charge on any atom is 0.141 e. The van der Waals surface area contributed by atoms with Gasteiger partial charge in [-0.3, -0.25) is 0 Å². The summed E-state index contributed by atoms with van der Waals surface area (Å²) in [6.07, 6.45) is 0. The van der Waals surface area contributed by atoms with Crippen molar-refractivity contribution < 1.29 is 10.2 Å². The summed E-state index contributed by atoms with van der Waals surface area (Å²) in [6.45, 7) is 0. The number of alkyl halides is 1. The third-order valence-electron chi connectivity index (χ3n) is 3.96. The van der Waals surface area contributed by atoms with Crippen molar-refractivity contribution in [3.8, 4) is 11.5 Å². The molecule has 0 saturated carbocycles. The smallest absolute Gasteiger partial charge is 0.141 e. The maximum absolute atomic E-state index is 10.0. The Kier molecular flexibility index (Phi) is 3.72. The molecule has 0 radical (unpaired) electrons. The van der Waals surface area contributed by atoms with E-state index in [1.165, 1.54) is 0 Å². The van der Waals surface area contributed by atoms with Gasteiger partial charge in [-0.1, -0.05) is 59.0 Å². The lowest BCUT2D eigenvalue weighted by atomic mass is 10.1. The Labute approximate surface area is 152 Å². The topological polar surface area (TPSA) is 66.2 Å². The molecule has 0 bridgehead atoms. The third kappa shape index (κ3) is 2.54. The van der Waals surface area contributed by atoms with Gasteiger partial charge in [0.15, 0.2) is 0 Å². The summed E-state index contributed by atoms with van der Waals surface area (Å²) in [5, 5.41) is 21.8. The molecule has 2 aromatic carbocycles. The Morgan fingerprint density at radius 3 is 1.58 bits per heavy atom. The molecule has 118 valence electrons. The van der Waals surface area contributed by atoms with Crippen LogP contribution >= 0.6 is 22.6 Å². The number of hydrogen-bond acceptors (Lipinski definition) is 4. The van der Waals surface area contributed by atoms with Gasteiger partial charge in [0.2, 0.25) is 0 Å². The molecule has 0 saturated heterocycles. The van der Waals surface area contributed by atoms with Gasteiger partial charge in [-0.2, -0.15) is 0 Å². The minimum absolute atomic E-state index is 0.0874. The van der Waals surface area contributed by atoms with E-state index in [9.17, 15) is 10.2 Å². The second-order valence-electron chi connectivity index (χ2n) is 5.53. The Balaban J connectivity index is 1.82. The monoisotopic (exact) mass is 428 g/mol. The molecule has 2 aromatic heterocycles. The van der Waals surface area contributed by atoms with Gasteiger partial charge in [0.25, 0.3) is 0 Å². The number of pyridine rings is 2. The Morgan fingerprint density at radius 2 is 1.12 bits per heavy atom. The number of para-hydroxylation sites is 2. The number of halogens is 1. The van der Waals surface area contributed by atoms with Gasteiger partial charge < -0.3 is 10.2 Å². The van der Waals surface area contributed by atoms with Crippen LogP contribution in [0.5, 0.6) is 11.5 Å². The highest BCUT2D eigenvalue weighted by molar-refractivity contribution is 14.1. The number of rotatable bonds is 2. The van der Waals surface area contributed by atoms with Gasteiger partial charge >= 0.3 is 0 Å². The Morgan fingerprint density at radius 1 is 0.667 bits per heavy atom. The molecule has 0 atom stereocenters. The number of hydrogen-bond donors (Lipinski definition) is 2. The lowest BCUT2D eigenvalue weighted by molar-refractivity contribution is 0.480. The second-order valence-corrected chi connectivity index (χ2v) is 6.78. The molecule has 2 heterocycles. The average molecular weight is 428 g/mol. The van der Waals surface area contributed by atoms with Crippen molar-refractivity contribution in [2.75, 3.05) is 0 Å². The molecular formula is C19H13IN2O2. The average Bonchev–Trinajstić information content (AvgIpc) is 2.61. The quantitative estimate of drug-likeness (QED) is 0.358. The minimum Gasteiger partial charge on any atom is -0.506 e. The molecular weight excluding hydrogens is 415 g/mol. The number of aromatic nitrogens is 2. The lowest BCUT2D eigenvalue weighted by Gasteiger charge is -2.12. The van der Waals surface area contributed by atoms with Gasteiger partial charge in [-0.15, -0.1) is 0 Å². The predicted octanol–water partition coefficient (Wildman–Crippen LogP) is 4.72. The van der Waals surface area contributed by atoms with Crippen LogP contribution in [0.15, 0.2) is 60.7 Å². The molecule has 0 aliphatic heterocycles. The SMILES string of the molecule is Oc1cccc2ccc(C(I)c3ccc4cccc(O)c4n3)nc12. The fraction of sp³-hybridized carbons (Fsp3) is 0.0526. The zero-order valence-electron chi connectivity index (χ0n) is 12.5. The molecule has 0 aliphatic rings. The summed E-state index contributed by atoms with van der Waals surface area (Å²) in [6, 6.07) is 18.5. The van der Waals surface area contributed by atoms with Crippen LogP contribution in [0.1, 0.15) is 15.3 Å². The molecule has 4 aromatic rings. The van der Waals surface area contributed by atoms with Crippen LogP contribution in [0.4, 0.5) is 0 Å². The van der Waals surface area contributed by atoms with Crippen molar-refractivity contribution in [2.45, 2.75) is 3.92 Å². The fourth-order valence-electron chi connectivity index (χ4n) is 2.73. The third-order valence-corrected chi connectivity index (χ3v) is 5.24. The number of benzene rings is 2. The van der Waals surface area contributed by atoms with Gasteiger partial charge in [-0.05, 0) is 24.3 Å². The first kappa shape index (κ1) is 15.1. The predicted molar refractivity (Wildman–Crippen MR) is 103 cm³/mol. The molecule has 24 heavy (non-hydrogen) atoms. The molecule has 0 aliphatic carbocycles. The molecule has 4 rings (SSSR count). The van der Waals surface area contributed by atoms with E-state index in [2.05, 4.69) is 32.6 Å². The van der Waals surface area contributed by atoms with Crippen LogP contribution < -0.4 is 0 Å². The normalized spacial score (nSPS) is 11.4. The van der Waals surface area contributed by atoms with Crippen molar-refractivity contribution in [2.24, 2.45) is 0 Å². The minimum atomic E-state index is -0.0874. The zero-order valence-corrected chi connectivity index (χ0v) is 14.7. The number of fused-ring (bicyclic) bond motifs is 2. The number of phenols is 2. The number of nitrogens with zero attached hydrogens (tertiary/aromatic N) is 2. The molecule has 0 spiro atoms. The highest BCUT2D eigenvalue weighted by Gasteiger charge is 2.16. The summed E-state index contributed by atoms with van der Waals surface area (Å²) in [5.74, 6) is 0.337. The number of aromatic hydroxyl groups is 2.